The third-order valence-corrected chi connectivity index (χ3v) is 6.05. The van der Waals surface area contributed by atoms with E-state index >= 15 is 0 Å². The van der Waals surface area contributed by atoms with Crippen LogP contribution in [0.25, 0.3) is 0 Å². The average molecular weight is 360 g/mol. The van der Waals surface area contributed by atoms with Gasteiger partial charge in [-0.25, -0.2) is 9.07 Å². The molecule has 2 aromatic rings. The highest BCUT2D eigenvalue weighted by atomic mass is 19.1. The van der Waals surface area contributed by atoms with Gasteiger partial charge in [0.2, 0.25) is 5.82 Å². The number of aliphatic hydroxyl groups is 1. The SMILES string of the molecule is OC1(c2ccccc2F)CC[NH+](Cc2nnnn2C2CCCCC2)CC1. The van der Waals surface area contributed by atoms with E-state index in [1.807, 2.05) is 4.68 Å². The first-order valence-corrected chi connectivity index (χ1v) is 9.73. The fourth-order valence-electron chi connectivity index (χ4n) is 4.46. The second-order valence-electron chi connectivity index (χ2n) is 7.77. The number of benzene rings is 1. The highest BCUT2D eigenvalue weighted by Crippen LogP contribution is 2.31. The lowest BCUT2D eigenvalue weighted by molar-refractivity contribution is -0.922. The first kappa shape index (κ1) is 17.5. The minimum absolute atomic E-state index is 0.320. The van der Waals surface area contributed by atoms with Crippen LogP contribution in [0.4, 0.5) is 4.39 Å². The largest absolute Gasteiger partial charge is 0.385 e. The maximum Gasteiger partial charge on any atom is 0.206 e. The molecule has 1 aromatic heterocycles. The van der Waals surface area contributed by atoms with Crippen LogP contribution in [0.1, 0.15) is 62.4 Å². The molecule has 26 heavy (non-hydrogen) atoms. The van der Waals surface area contributed by atoms with E-state index < -0.39 is 5.60 Å². The molecular formula is C19H27FN5O+. The maximum absolute atomic E-state index is 14.1. The van der Waals surface area contributed by atoms with Crippen molar-refractivity contribution in [1.82, 2.24) is 20.2 Å². The number of likely N-dealkylation sites (tertiary alicyclic amines) is 1. The molecule has 1 saturated heterocycles. The van der Waals surface area contributed by atoms with Crippen LogP contribution in [0.15, 0.2) is 24.3 Å². The second-order valence-corrected chi connectivity index (χ2v) is 7.77. The smallest absolute Gasteiger partial charge is 0.206 e. The van der Waals surface area contributed by atoms with E-state index in [0.29, 0.717) is 24.4 Å². The molecular weight excluding hydrogens is 333 g/mol. The Balaban J connectivity index is 1.40. The maximum atomic E-state index is 14.1. The highest BCUT2D eigenvalue weighted by molar-refractivity contribution is 5.24. The van der Waals surface area contributed by atoms with Crippen LogP contribution in [-0.2, 0) is 12.1 Å². The van der Waals surface area contributed by atoms with Crippen LogP contribution < -0.4 is 4.90 Å². The molecule has 0 radical (unpaired) electrons. The van der Waals surface area contributed by atoms with Crippen molar-refractivity contribution in [2.24, 2.45) is 0 Å². The summed E-state index contributed by atoms with van der Waals surface area (Å²) in [5.41, 5.74) is -0.643. The monoisotopic (exact) mass is 360 g/mol. The van der Waals surface area contributed by atoms with E-state index in [1.165, 1.54) is 30.2 Å². The number of nitrogens with zero attached hydrogens (tertiary/aromatic N) is 4. The van der Waals surface area contributed by atoms with Crippen LogP contribution in [0.3, 0.4) is 0 Å². The number of nitrogens with one attached hydrogen (secondary N) is 1. The van der Waals surface area contributed by atoms with Crippen molar-refractivity contribution in [2.45, 2.75) is 63.1 Å². The third-order valence-electron chi connectivity index (χ3n) is 6.05. The number of hydrogen-bond donors (Lipinski definition) is 2. The van der Waals surface area contributed by atoms with Gasteiger partial charge in [0.05, 0.1) is 19.1 Å². The van der Waals surface area contributed by atoms with Crippen LogP contribution in [0, 0.1) is 5.82 Å². The van der Waals surface area contributed by atoms with Gasteiger partial charge >= 0.3 is 0 Å². The summed E-state index contributed by atoms with van der Waals surface area (Å²) in [5.74, 6) is 0.614. The Kier molecular flexibility index (Phi) is 5.00. The standard InChI is InChI=1S/C19H26FN5O/c20-17-9-5-4-8-16(17)19(26)10-12-24(13-11-19)14-18-21-22-23-25(18)15-6-2-1-3-7-15/h4-5,8-9,15,26H,1-3,6-7,10-14H2/p+1. The Morgan fingerprint density at radius 2 is 1.88 bits per heavy atom. The van der Waals surface area contributed by atoms with Crippen molar-refractivity contribution in [3.05, 3.63) is 41.5 Å². The molecule has 0 spiro atoms. The third kappa shape index (κ3) is 3.50. The summed E-state index contributed by atoms with van der Waals surface area (Å²) < 4.78 is 16.1. The van der Waals surface area contributed by atoms with Gasteiger partial charge in [0, 0.05) is 18.4 Å². The molecule has 0 amide bonds. The number of quaternary nitrogens is 1. The zero-order valence-corrected chi connectivity index (χ0v) is 15.1. The predicted molar refractivity (Wildman–Crippen MR) is 93.9 cm³/mol. The van der Waals surface area contributed by atoms with Crippen LogP contribution in [-0.4, -0.2) is 38.4 Å². The van der Waals surface area contributed by atoms with E-state index in [-0.39, 0.29) is 5.82 Å². The van der Waals surface area contributed by atoms with Gasteiger partial charge in [0.25, 0.3) is 0 Å². The molecule has 2 heterocycles. The van der Waals surface area contributed by atoms with E-state index in [2.05, 4.69) is 15.5 Å². The van der Waals surface area contributed by atoms with Gasteiger partial charge in [-0.2, -0.15) is 0 Å². The Morgan fingerprint density at radius 1 is 1.15 bits per heavy atom. The molecule has 1 aliphatic heterocycles. The lowest BCUT2D eigenvalue weighted by Crippen LogP contribution is -3.12. The number of halogens is 1. The average Bonchev–Trinajstić information content (AvgIpc) is 3.13. The van der Waals surface area contributed by atoms with Crippen LogP contribution in [0.5, 0.6) is 0 Å². The van der Waals surface area contributed by atoms with E-state index in [0.717, 1.165) is 38.3 Å². The van der Waals surface area contributed by atoms with Crippen LogP contribution >= 0.6 is 0 Å². The van der Waals surface area contributed by atoms with Crippen molar-refractivity contribution in [1.29, 1.82) is 0 Å². The lowest BCUT2D eigenvalue weighted by Gasteiger charge is -2.36. The quantitative estimate of drug-likeness (QED) is 0.865. The fraction of sp³-hybridized carbons (Fsp3) is 0.632. The summed E-state index contributed by atoms with van der Waals surface area (Å²) in [4.78, 5) is 1.35. The van der Waals surface area contributed by atoms with Gasteiger partial charge in [-0.05, 0) is 29.3 Å². The molecule has 7 heteroatoms. The summed E-state index contributed by atoms with van der Waals surface area (Å²) in [7, 11) is 0. The Hall–Kier alpha value is -1.86. The number of rotatable bonds is 4. The minimum Gasteiger partial charge on any atom is -0.385 e. The number of piperidine rings is 1. The zero-order valence-electron chi connectivity index (χ0n) is 15.1. The summed E-state index contributed by atoms with van der Waals surface area (Å²) in [6.07, 6.45) is 7.20. The summed E-state index contributed by atoms with van der Waals surface area (Å²) in [6, 6.07) is 6.99. The Morgan fingerprint density at radius 3 is 2.62 bits per heavy atom. The molecule has 0 atom stereocenters. The molecule has 140 valence electrons. The molecule has 6 nitrogen and oxygen atoms in total. The van der Waals surface area contributed by atoms with Gasteiger partial charge in [-0.3, -0.25) is 0 Å². The van der Waals surface area contributed by atoms with Gasteiger partial charge in [0.1, 0.15) is 18.0 Å². The van der Waals surface area contributed by atoms with Crippen molar-refractivity contribution < 1.29 is 14.4 Å². The van der Waals surface area contributed by atoms with E-state index in [9.17, 15) is 9.50 Å². The number of hydrogen-bond acceptors (Lipinski definition) is 4. The lowest BCUT2D eigenvalue weighted by atomic mass is 9.84. The van der Waals surface area contributed by atoms with Gasteiger partial charge in [-0.1, -0.05) is 37.5 Å². The van der Waals surface area contributed by atoms with E-state index in [1.54, 1.807) is 18.2 Å². The summed E-state index contributed by atoms with van der Waals surface area (Å²) in [5, 5.41) is 23.3. The Labute approximate surface area is 153 Å². The zero-order chi connectivity index (χ0) is 18.0. The molecule has 0 bridgehead atoms. The van der Waals surface area contributed by atoms with Crippen LogP contribution in [0.2, 0.25) is 0 Å². The second kappa shape index (κ2) is 7.40. The molecule has 1 aromatic carbocycles. The predicted octanol–water partition coefficient (Wildman–Crippen LogP) is 1.38. The van der Waals surface area contributed by atoms with Crippen molar-refractivity contribution in [2.75, 3.05) is 13.1 Å². The normalized spacial score (nSPS) is 27.5. The van der Waals surface area contributed by atoms with Gasteiger partial charge in [0.15, 0.2) is 0 Å². The first-order valence-electron chi connectivity index (χ1n) is 9.73. The summed E-state index contributed by atoms with van der Waals surface area (Å²) >= 11 is 0. The number of aromatic nitrogens is 4. The summed E-state index contributed by atoms with van der Waals surface area (Å²) in [6.45, 7) is 2.32. The molecule has 2 fully saturated rings. The topological polar surface area (TPSA) is 68.3 Å². The van der Waals surface area contributed by atoms with Gasteiger partial charge < -0.3 is 10.0 Å². The first-order chi connectivity index (χ1) is 12.7. The fourth-order valence-corrected chi connectivity index (χ4v) is 4.46. The molecule has 0 unspecified atom stereocenters. The molecule has 1 saturated carbocycles. The molecule has 1 aliphatic carbocycles. The Bertz CT molecular complexity index is 735. The van der Waals surface area contributed by atoms with Crippen molar-refractivity contribution in [3.8, 4) is 0 Å². The van der Waals surface area contributed by atoms with E-state index in [4.69, 9.17) is 0 Å². The number of tetrazole rings is 1. The molecule has 2 aliphatic rings. The van der Waals surface area contributed by atoms with Gasteiger partial charge in [-0.15, -0.1) is 5.10 Å². The minimum atomic E-state index is -1.07. The van der Waals surface area contributed by atoms with Crippen molar-refractivity contribution >= 4 is 0 Å². The molecule has 4 rings (SSSR count). The highest BCUT2D eigenvalue weighted by Gasteiger charge is 2.38. The molecule has 2 N–H and O–H groups in total. The van der Waals surface area contributed by atoms with Crippen molar-refractivity contribution in [3.63, 3.8) is 0 Å².